The number of hydrogen-bond donors (Lipinski definition) is 1. The molecule has 0 saturated carbocycles. The highest BCUT2D eigenvalue weighted by atomic mass is 16.3. The maximum atomic E-state index is 10.6. The van der Waals surface area contributed by atoms with E-state index in [1.54, 1.807) is 6.07 Å². The number of para-hydroxylation sites is 1. The molecule has 0 spiro atoms. The van der Waals surface area contributed by atoms with E-state index in [0.29, 0.717) is 6.42 Å². The van der Waals surface area contributed by atoms with Crippen molar-refractivity contribution in [2.24, 2.45) is 0 Å². The summed E-state index contributed by atoms with van der Waals surface area (Å²) >= 11 is 0. The van der Waals surface area contributed by atoms with Gasteiger partial charge < -0.3 is 5.11 Å². The zero-order chi connectivity index (χ0) is 9.97. The molecule has 1 N–H and O–H groups in total. The largest absolute Gasteiger partial charge is 0.493 e. The molecule has 0 amide bonds. The number of aromatic hydroxyl groups is 1. The Labute approximate surface area is 81.7 Å². The van der Waals surface area contributed by atoms with E-state index in [1.807, 2.05) is 24.3 Å². The van der Waals surface area contributed by atoms with Crippen LogP contribution in [0.25, 0.3) is 10.9 Å². The van der Waals surface area contributed by atoms with Gasteiger partial charge in [0, 0.05) is 11.5 Å². The van der Waals surface area contributed by atoms with Crippen LogP contribution in [0.1, 0.15) is 5.56 Å². The summed E-state index contributed by atoms with van der Waals surface area (Å²) in [6.45, 7) is -0.173. The lowest BCUT2D eigenvalue weighted by Gasteiger charge is -2.04. The highest BCUT2D eigenvalue weighted by Crippen LogP contribution is 2.21. The van der Waals surface area contributed by atoms with Gasteiger partial charge in [-0.05, 0) is 18.1 Å². The van der Waals surface area contributed by atoms with Gasteiger partial charge in [-0.25, -0.2) is 10.1 Å². The van der Waals surface area contributed by atoms with E-state index in [-0.39, 0.29) is 12.5 Å². The summed E-state index contributed by atoms with van der Waals surface area (Å²) in [6.07, 6.45) is 0.427. The molecular weight excluding hydrogens is 178 g/mol. The second kappa shape index (κ2) is 3.64. The first-order chi connectivity index (χ1) is 6.81. The van der Waals surface area contributed by atoms with Crippen molar-refractivity contribution in [1.29, 1.82) is 0 Å². The highest BCUT2D eigenvalue weighted by molar-refractivity contribution is 5.82. The van der Waals surface area contributed by atoms with Crippen LogP contribution in [0.15, 0.2) is 30.3 Å². The smallest absolute Gasteiger partial charge is 0.211 e. The molecular formula is C11H10NO2. The molecule has 0 aliphatic carbocycles. The van der Waals surface area contributed by atoms with Crippen molar-refractivity contribution in [3.05, 3.63) is 35.9 Å². The molecule has 2 aromatic rings. The molecule has 0 saturated heterocycles. The Morgan fingerprint density at radius 1 is 1.29 bits per heavy atom. The fraction of sp³-hybridized carbons (Fsp3) is 0.182. The normalized spacial score (nSPS) is 10.6. The average molecular weight is 188 g/mol. The van der Waals surface area contributed by atoms with Gasteiger partial charge in [-0.1, -0.05) is 18.2 Å². The maximum Gasteiger partial charge on any atom is 0.211 e. The quantitative estimate of drug-likeness (QED) is 0.782. The fourth-order valence-corrected chi connectivity index (χ4v) is 1.55. The van der Waals surface area contributed by atoms with Crippen LogP contribution in [-0.2, 0) is 11.5 Å². The number of rotatable bonds is 2. The van der Waals surface area contributed by atoms with Crippen LogP contribution in [0.2, 0.25) is 0 Å². The van der Waals surface area contributed by atoms with E-state index in [2.05, 4.69) is 4.98 Å². The molecule has 3 nitrogen and oxygen atoms in total. The van der Waals surface area contributed by atoms with E-state index in [0.717, 1.165) is 16.5 Å². The van der Waals surface area contributed by atoms with Crippen LogP contribution in [0.4, 0.5) is 0 Å². The Morgan fingerprint density at radius 2 is 2.07 bits per heavy atom. The molecule has 0 aliphatic heterocycles. The van der Waals surface area contributed by atoms with E-state index in [4.69, 9.17) is 0 Å². The first-order valence-corrected chi connectivity index (χ1v) is 4.47. The first-order valence-electron chi connectivity index (χ1n) is 4.47. The summed E-state index contributed by atoms with van der Waals surface area (Å²) in [5.74, 6) is -0.0212. The van der Waals surface area contributed by atoms with Gasteiger partial charge in [-0.2, -0.15) is 0 Å². The first kappa shape index (κ1) is 8.97. The Morgan fingerprint density at radius 3 is 2.86 bits per heavy atom. The summed E-state index contributed by atoms with van der Waals surface area (Å²) in [4.78, 5) is 3.97. The van der Waals surface area contributed by atoms with Gasteiger partial charge in [0.1, 0.15) is 0 Å². The Bertz CT molecular complexity index is 454. The van der Waals surface area contributed by atoms with Crippen molar-refractivity contribution in [3.8, 4) is 5.88 Å². The number of hydrogen-bond acceptors (Lipinski definition) is 2. The molecule has 1 aromatic carbocycles. The van der Waals surface area contributed by atoms with Crippen LogP contribution in [0.3, 0.4) is 0 Å². The second-order valence-electron chi connectivity index (χ2n) is 3.11. The van der Waals surface area contributed by atoms with Crippen LogP contribution in [0.5, 0.6) is 5.88 Å². The molecule has 0 atom stereocenters. The topological polar surface area (TPSA) is 53.0 Å². The molecule has 0 fully saturated rings. The lowest BCUT2D eigenvalue weighted by molar-refractivity contribution is 0.197. The lowest BCUT2D eigenvalue weighted by atomic mass is 10.1. The van der Waals surface area contributed by atoms with Gasteiger partial charge in [0.2, 0.25) is 5.88 Å². The summed E-state index contributed by atoms with van der Waals surface area (Å²) in [6, 6.07) is 9.04. The van der Waals surface area contributed by atoms with Crippen LogP contribution in [0, 0.1) is 0 Å². The van der Waals surface area contributed by atoms with Crippen molar-refractivity contribution in [2.45, 2.75) is 6.42 Å². The third-order valence-electron chi connectivity index (χ3n) is 2.16. The van der Waals surface area contributed by atoms with Gasteiger partial charge in [-0.15, -0.1) is 0 Å². The van der Waals surface area contributed by atoms with Gasteiger partial charge in [-0.3, -0.25) is 0 Å². The number of pyridine rings is 1. The SMILES string of the molecule is [O]CCc1cc(O)nc2ccccc12. The van der Waals surface area contributed by atoms with Crippen LogP contribution in [-0.4, -0.2) is 16.7 Å². The monoisotopic (exact) mass is 188 g/mol. The third kappa shape index (κ3) is 1.54. The molecule has 1 heterocycles. The molecule has 14 heavy (non-hydrogen) atoms. The number of nitrogens with zero attached hydrogens (tertiary/aromatic N) is 1. The van der Waals surface area contributed by atoms with Crippen molar-refractivity contribution in [1.82, 2.24) is 4.98 Å². The molecule has 71 valence electrons. The van der Waals surface area contributed by atoms with Crippen molar-refractivity contribution in [3.63, 3.8) is 0 Å². The summed E-state index contributed by atoms with van der Waals surface area (Å²) < 4.78 is 0. The van der Waals surface area contributed by atoms with E-state index < -0.39 is 0 Å². The minimum atomic E-state index is -0.173. The van der Waals surface area contributed by atoms with Crippen molar-refractivity contribution in [2.75, 3.05) is 6.61 Å². The molecule has 1 radical (unpaired) electrons. The molecule has 0 unspecified atom stereocenters. The van der Waals surface area contributed by atoms with Gasteiger partial charge in [0.05, 0.1) is 12.1 Å². The predicted molar refractivity (Wildman–Crippen MR) is 52.7 cm³/mol. The molecule has 3 heteroatoms. The zero-order valence-corrected chi connectivity index (χ0v) is 7.60. The number of aromatic nitrogens is 1. The third-order valence-corrected chi connectivity index (χ3v) is 2.16. The summed E-state index contributed by atoms with van der Waals surface area (Å²) in [7, 11) is 0. The van der Waals surface area contributed by atoms with Crippen molar-refractivity contribution >= 4 is 10.9 Å². The highest BCUT2D eigenvalue weighted by Gasteiger charge is 2.03. The van der Waals surface area contributed by atoms with Gasteiger partial charge in [0.15, 0.2) is 0 Å². The molecule has 1 aromatic heterocycles. The summed E-state index contributed by atoms with van der Waals surface area (Å²) in [5.41, 5.74) is 1.60. The average Bonchev–Trinajstić information content (AvgIpc) is 2.18. The predicted octanol–water partition coefficient (Wildman–Crippen LogP) is 1.91. The minimum absolute atomic E-state index is 0.0212. The zero-order valence-electron chi connectivity index (χ0n) is 7.60. The minimum Gasteiger partial charge on any atom is -0.493 e. The Hall–Kier alpha value is -1.61. The van der Waals surface area contributed by atoms with E-state index in [9.17, 15) is 10.2 Å². The molecule has 0 aliphatic rings. The second-order valence-corrected chi connectivity index (χ2v) is 3.11. The maximum absolute atomic E-state index is 10.6. The Balaban J connectivity index is 2.67. The number of benzene rings is 1. The fourth-order valence-electron chi connectivity index (χ4n) is 1.55. The summed E-state index contributed by atoms with van der Waals surface area (Å²) in [5, 5.41) is 20.8. The lowest BCUT2D eigenvalue weighted by Crippen LogP contribution is -1.92. The van der Waals surface area contributed by atoms with Gasteiger partial charge in [0.25, 0.3) is 0 Å². The van der Waals surface area contributed by atoms with E-state index in [1.165, 1.54) is 0 Å². The Kier molecular flexibility index (Phi) is 2.33. The van der Waals surface area contributed by atoms with E-state index >= 15 is 0 Å². The molecule has 2 rings (SSSR count). The van der Waals surface area contributed by atoms with Crippen molar-refractivity contribution < 1.29 is 10.2 Å². The number of fused-ring (bicyclic) bond motifs is 1. The van der Waals surface area contributed by atoms with Crippen LogP contribution < -0.4 is 0 Å². The standard InChI is InChI=1S/C11H10NO2/c13-6-5-8-7-11(14)12-10-4-2-1-3-9(8)10/h1-4,7H,5-6H2,(H,12,14). The van der Waals surface area contributed by atoms with Gasteiger partial charge >= 0.3 is 0 Å². The van der Waals surface area contributed by atoms with Crippen LogP contribution >= 0.6 is 0 Å². The molecule has 0 bridgehead atoms.